The molecule has 7 nitrogen and oxygen atoms in total. The van der Waals surface area contributed by atoms with Crippen LogP contribution in [0.1, 0.15) is 44.7 Å². The van der Waals surface area contributed by atoms with E-state index in [9.17, 15) is 25.0 Å². The Labute approximate surface area is 204 Å². The fraction of sp³-hybridized carbons (Fsp3) is 0.250. The van der Waals surface area contributed by atoms with E-state index in [1.54, 1.807) is 72.9 Å². The molecule has 1 aliphatic carbocycles. The molecular weight excluding hydrogens is 444 g/mol. The number of benzene rings is 2. The van der Waals surface area contributed by atoms with Crippen LogP contribution in [0.25, 0.3) is 12.2 Å². The van der Waals surface area contributed by atoms with Crippen molar-refractivity contribution in [3.8, 4) is 0 Å². The summed E-state index contributed by atoms with van der Waals surface area (Å²) < 4.78 is 0. The lowest BCUT2D eigenvalue weighted by molar-refractivity contribution is -0.385. The molecule has 0 spiro atoms. The van der Waals surface area contributed by atoms with Crippen molar-refractivity contribution in [3.63, 3.8) is 0 Å². The lowest BCUT2D eigenvalue weighted by Gasteiger charge is -2.35. The van der Waals surface area contributed by atoms with Crippen LogP contribution in [-0.4, -0.2) is 15.6 Å². The minimum Gasteiger partial charge on any atom is -0.289 e. The van der Waals surface area contributed by atoms with Gasteiger partial charge in [-0.3, -0.25) is 25.0 Å². The quantitative estimate of drug-likeness (QED) is 0.253. The highest BCUT2D eigenvalue weighted by atomic mass is 16.6. The lowest BCUT2D eigenvalue weighted by atomic mass is 9.69. The van der Waals surface area contributed by atoms with Gasteiger partial charge in [-0.25, -0.2) is 0 Å². The highest BCUT2D eigenvalue weighted by Crippen LogP contribution is 2.41. The highest BCUT2D eigenvalue weighted by Gasteiger charge is 2.34. The number of ketones is 1. The number of carbonyl (C=O) groups is 1. The number of hydrogen-bond donors (Lipinski definition) is 0. The van der Waals surface area contributed by atoms with Gasteiger partial charge in [0.2, 0.25) is 0 Å². The minimum absolute atomic E-state index is 0.00502. The first kappa shape index (κ1) is 25.5. The topological polar surface area (TPSA) is 103 Å². The minimum atomic E-state index is -0.432. The third-order valence-electron chi connectivity index (χ3n) is 6.15. The average Bonchev–Trinajstić information content (AvgIpc) is 2.80. The zero-order valence-electron chi connectivity index (χ0n) is 20.0. The third kappa shape index (κ3) is 6.47. The molecule has 2 aromatic rings. The predicted molar refractivity (Wildman–Crippen MR) is 138 cm³/mol. The summed E-state index contributed by atoms with van der Waals surface area (Å²) in [6.45, 7) is 6.40. The Morgan fingerprint density at radius 1 is 0.771 bits per heavy atom. The lowest BCUT2D eigenvalue weighted by Crippen LogP contribution is -2.29. The van der Waals surface area contributed by atoms with Gasteiger partial charge in [0, 0.05) is 23.3 Å². The van der Waals surface area contributed by atoms with Gasteiger partial charge in [0.1, 0.15) is 0 Å². The van der Waals surface area contributed by atoms with Crippen molar-refractivity contribution < 1.29 is 14.6 Å². The molecule has 2 aromatic carbocycles. The molecule has 0 amide bonds. The maximum absolute atomic E-state index is 13.2. The largest absolute Gasteiger partial charge is 0.289 e. The zero-order chi connectivity index (χ0) is 25.6. The van der Waals surface area contributed by atoms with Crippen molar-refractivity contribution in [1.29, 1.82) is 0 Å². The van der Waals surface area contributed by atoms with E-state index in [-0.39, 0.29) is 28.5 Å². The van der Waals surface area contributed by atoms with Crippen molar-refractivity contribution in [1.82, 2.24) is 0 Å². The molecule has 0 N–H and O–H groups in total. The first-order chi connectivity index (χ1) is 16.6. The SMILES string of the molecule is CC(C)(C)C1CC(=CC=Cc2ccccc2[N+](=O)[O-])C(=O)C(=CC=Cc2ccccc2[N+](=O)[O-])C1. The van der Waals surface area contributed by atoms with Crippen molar-refractivity contribution in [2.45, 2.75) is 33.6 Å². The van der Waals surface area contributed by atoms with Gasteiger partial charge in [-0.05, 0) is 48.5 Å². The summed E-state index contributed by atoms with van der Waals surface area (Å²) in [4.78, 5) is 34.8. The Kier molecular flexibility index (Phi) is 7.91. The number of hydrogen-bond acceptors (Lipinski definition) is 5. The van der Waals surface area contributed by atoms with Crippen LogP contribution in [0, 0.1) is 31.6 Å². The van der Waals surface area contributed by atoms with Gasteiger partial charge in [-0.2, -0.15) is 0 Å². The third-order valence-corrected chi connectivity index (χ3v) is 6.15. The van der Waals surface area contributed by atoms with Gasteiger partial charge in [-0.15, -0.1) is 0 Å². The maximum atomic E-state index is 13.2. The molecule has 3 rings (SSSR count). The number of allylic oxidation sites excluding steroid dienone is 6. The molecule has 0 aliphatic heterocycles. The molecule has 35 heavy (non-hydrogen) atoms. The second-order valence-corrected chi connectivity index (χ2v) is 9.53. The van der Waals surface area contributed by atoms with E-state index >= 15 is 0 Å². The maximum Gasteiger partial charge on any atom is 0.276 e. The van der Waals surface area contributed by atoms with Gasteiger partial charge >= 0.3 is 0 Å². The van der Waals surface area contributed by atoms with Crippen LogP contribution in [0.2, 0.25) is 0 Å². The summed E-state index contributed by atoms with van der Waals surface area (Å²) in [6.07, 6.45) is 11.3. The van der Waals surface area contributed by atoms with Crippen LogP contribution < -0.4 is 0 Å². The zero-order valence-corrected chi connectivity index (χ0v) is 20.0. The molecule has 0 unspecified atom stereocenters. The van der Waals surface area contributed by atoms with Crippen LogP contribution in [0.5, 0.6) is 0 Å². The summed E-state index contributed by atoms with van der Waals surface area (Å²) in [7, 11) is 0. The van der Waals surface area contributed by atoms with Crippen LogP contribution in [0.15, 0.2) is 84.0 Å². The first-order valence-electron chi connectivity index (χ1n) is 11.3. The van der Waals surface area contributed by atoms with Gasteiger partial charge in [0.25, 0.3) is 11.4 Å². The van der Waals surface area contributed by atoms with Crippen molar-refractivity contribution in [2.24, 2.45) is 11.3 Å². The van der Waals surface area contributed by atoms with Gasteiger partial charge in [0.15, 0.2) is 5.78 Å². The fourth-order valence-electron chi connectivity index (χ4n) is 4.02. The number of nitro groups is 2. The molecule has 1 fully saturated rings. The molecule has 1 saturated carbocycles. The molecule has 0 radical (unpaired) electrons. The van der Waals surface area contributed by atoms with Crippen LogP contribution >= 0.6 is 0 Å². The molecule has 0 aromatic heterocycles. The summed E-state index contributed by atoms with van der Waals surface area (Å²) in [5.74, 6) is 0.140. The summed E-state index contributed by atoms with van der Waals surface area (Å²) in [6, 6.07) is 12.9. The standard InChI is InChI=1S/C28H28N2O5/c1-28(2,3)24-18-22(14-8-12-20-10-4-6-16-25(20)29(32)33)27(31)23(19-24)15-9-13-21-11-5-7-17-26(21)30(34)35/h4-17,24H,18-19H2,1-3H3. The van der Waals surface area contributed by atoms with Gasteiger partial charge in [-0.1, -0.05) is 69.3 Å². The number of carbonyl (C=O) groups excluding carboxylic acids is 1. The number of Topliss-reactive ketones (excluding diaryl/α,β-unsaturated/α-hetero) is 1. The summed E-state index contributed by atoms with van der Waals surface area (Å²) >= 11 is 0. The molecule has 180 valence electrons. The molecule has 0 heterocycles. The highest BCUT2D eigenvalue weighted by molar-refractivity contribution is 6.09. The predicted octanol–water partition coefficient (Wildman–Crippen LogP) is 7.11. The van der Waals surface area contributed by atoms with E-state index in [0.717, 1.165) is 0 Å². The molecule has 0 atom stereocenters. The Bertz CT molecular complexity index is 1170. The molecule has 0 saturated heterocycles. The monoisotopic (exact) mass is 472 g/mol. The molecule has 7 heteroatoms. The van der Waals surface area contributed by atoms with E-state index in [0.29, 0.717) is 35.1 Å². The van der Waals surface area contributed by atoms with E-state index in [4.69, 9.17) is 0 Å². The number of rotatable bonds is 6. The number of para-hydroxylation sites is 2. The van der Waals surface area contributed by atoms with Crippen molar-refractivity contribution >= 4 is 29.3 Å². The Morgan fingerprint density at radius 2 is 1.17 bits per heavy atom. The van der Waals surface area contributed by atoms with Crippen LogP contribution in [0.3, 0.4) is 0 Å². The average molecular weight is 473 g/mol. The van der Waals surface area contributed by atoms with Gasteiger partial charge < -0.3 is 0 Å². The fourth-order valence-corrected chi connectivity index (χ4v) is 4.02. The van der Waals surface area contributed by atoms with Crippen LogP contribution in [-0.2, 0) is 4.79 Å². The number of nitro benzene ring substituents is 2. The smallest absolute Gasteiger partial charge is 0.276 e. The van der Waals surface area contributed by atoms with Gasteiger partial charge in [0.05, 0.1) is 21.0 Å². The van der Waals surface area contributed by atoms with E-state index in [1.807, 2.05) is 0 Å². The molecule has 0 bridgehead atoms. The second-order valence-electron chi connectivity index (χ2n) is 9.53. The Morgan fingerprint density at radius 3 is 1.54 bits per heavy atom. The normalized spacial score (nSPS) is 19.2. The first-order valence-corrected chi connectivity index (χ1v) is 11.3. The van der Waals surface area contributed by atoms with Crippen LogP contribution in [0.4, 0.5) is 11.4 Å². The van der Waals surface area contributed by atoms with Crippen molar-refractivity contribution in [2.75, 3.05) is 0 Å². The second kappa shape index (κ2) is 10.9. The Balaban J connectivity index is 1.91. The summed E-state index contributed by atoms with van der Waals surface area (Å²) in [5.41, 5.74) is 2.17. The van der Waals surface area contributed by atoms with Crippen molar-refractivity contribution in [3.05, 3.63) is 115 Å². The summed E-state index contributed by atoms with van der Waals surface area (Å²) in [5, 5.41) is 22.5. The Hall–Kier alpha value is -4.13. The number of nitrogens with zero attached hydrogens (tertiary/aromatic N) is 2. The van der Waals surface area contributed by atoms with E-state index < -0.39 is 9.85 Å². The molecule has 1 aliphatic rings. The van der Waals surface area contributed by atoms with E-state index in [2.05, 4.69) is 20.8 Å². The van der Waals surface area contributed by atoms with E-state index in [1.165, 1.54) is 12.1 Å². The molecular formula is C28H28N2O5.